The van der Waals surface area contributed by atoms with Crippen LogP contribution in [0.3, 0.4) is 0 Å². The van der Waals surface area contributed by atoms with Crippen LogP contribution >= 0.6 is 34.8 Å². The van der Waals surface area contributed by atoms with E-state index in [1.807, 2.05) is 28.7 Å². The van der Waals surface area contributed by atoms with Crippen LogP contribution in [0.4, 0.5) is 0 Å². The predicted octanol–water partition coefficient (Wildman–Crippen LogP) is 1.12. The minimum atomic E-state index is -0.572. The second kappa shape index (κ2) is 7.38. The monoisotopic (exact) mass is 443 g/mol. The molecule has 1 aromatic carbocycles. The highest BCUT2D eigenvalue weighted by molar-refractivity contribution is 14.1. The first kappa shape index (κ1) is 17.2. The largest absolute Gasteiger partial charge is 0.493 e. The van der Waals surface area contributed by atoms with E-state index in [4.69, 9.17) is 27.0 Å². The molecule has 0 saturated carbocycles. The summed E-state index contributed by atoms with van der Waals surface area (Å²) in [5, 5.41) is 13.3. The second-order valence-electron chi connectivity index (χ2n) is 4.28. The number of carbonyl (C=O) groups excluding carboxylic acids is 2. The lowest BCUT2D eigenvalue weighted by atomic mass is 10.1. The summed E-state index contributed by atoms with van der Waals surface area (Å²) in [6.07, 6.45) is 1.42. The fraction of sp³-hybridized carbons (Fsp3) is 0.143. The molecule has 2 N–H and O–H groups in total. The molecule has 0 spiro atoms. The molecule has 0 atom stereocenters. The number of hydrogen-bond acceptors (Lipinski definition) is 6. The number of carbonyl (C=O) groups is 2. The molecule has 1 aliphatic rings. The molecule has 118 valence electrons. The number of halogens is 1. The lowest BCUT2D eigenvalue weighted by Crippen LogP contribution is -2.51. The standard InChI is InChI=1S/C14H10IN3O4S/c1-21-10-6-7(5-9(15)11(10)22-3-2-16)4-8-12(19)17-14(23)18-13(8)20/h4-6H,3H2,1H3,(H2,17,18,19,20,23). The van der Waals surface area contributed by atoms with Gasteiger partial charge in [0.1, 0.15) is 11.6 Å². The minimum absolute atomic E-state index is 0.0236. The third-order valence-corrected chi connectivity index (χ3v) is 3.79. The number of rotatable bonds is 4. The van der Waals surface area contributed by atoms with E-state index < -0.39 is 11.8 Å². The second-order valence-corrected chi connectivity index (χ2v) is 5.85. The summed E-state index contributed by atoms with van der Waals surface area (Å²) in [5.41, 5.74) is 0.505. The lowest BCUT2D eigenvalue weighted by molar-refractivity contribution is -0.123. The Labute approximate surface area is 150 Å². The highest BCUT2D eigenvalue weighted by Gasteiger charge is 2.26. The van der Waals surface area contributed by atoms with Crippen LogP contribution in [0.2, 0.25) is 0 Å². The number of hydrogen-bond donors (Lipinski definition) is 2. The molecule has 1 aliphatic heterocycles. The molecule has 1 heterocycles. The Morgan fingerprint density at radius 3 is 2.57 bits per heavy atom. The van der Waals surface area contributed by atoms with Gasteiger partial charge in [0, 0.05) is 0 Å². The summed E-state index contributed by atoms with van der Waals surface area (Å²) >= 11 is 6.76. The van der Waals surface area contributed by atoms with Crippen LogP contribution in [-0.4, -0.2) is 30.6 Å². The highest BCUT2D eigenvalue weighted by atomic mass is 127. The van der Waals surface area contributed by atoms with Crippen LogP contribution in [0, 0.1) is 14.9 Å². The van der Waals surface area contributed by atoms with Gasteiger partial charge in [-0.05, 0) is 58.6 Å². The topological polar surface area (TPSA) is 100 Å². The number of thiocarbonyl (C=S) groups is 1. The van der Waals surface area contributed by atoms with Crippen LogP contribution in [0.1, 0.15) is 5.56 Å². The number of benzene rings is 1. The van der Waals surface area contributed by atoms with Crippen molar-refractivity contribution in [3.8, 4) is 17.6 Å². The fourth-order valence-corrected chi connectivity index (χ4v) is 2.81. The molecular weight excluding hydrogens is 433 g/mol. The molecule has 0 unspecified atom stereocenters. The third-order valence-electron chi connectivity index (χ3n) is 2.79. The van der Waals surface area contributed by atoms with Crippen molar-refractivity contribution in [1.82, 2.24) is 10.6 Å². The van der Waals surface area contributed by atoms with E-state index in [1.54, 1.807) is 12.1 Å². The summed E-state index contributed by atoms with van der Waals surface area (Å²) in [4.78, 5) is 23.7. The summed E-state index contributed by atoms with van der Waals surface area (Å²) in [6, 6.07) is 5.19. The third kappa shape index (κ3) is 3.96. The van der Waals surface area contributed by atoms with Crippen molar-refractivity contribution in [3.05, 3.63) is 26.8 Å². The van der Waals surface area contributed by atoms with Crippen LogP contribution in [0.25, 0.3) is 6.08 Å². The molecule has 0 aliphatic carbocycles. The van der Waals surface area contributed by atoms with E-state index >= 15 is 0 Å². The summed E-state index contributed by atoms with van der Waals surface area (Å²) < 4.78 is 11.2. The van der Waals surface area contributed by atoms with Crippen molar-refractivity contribution < 1.29 is 19.1 Å². The first-order valence-electron chi connectivity index (χ1n) is 6.22. The van der Waals surface area contributed by atoms with Crippen LogP contribution in [0.15, 0.2) is 17.7 Å². The van der Waals surface area contributed by atoms with Gasteiger partial charge >= 0.3 is 0 Å². The van der Waals surface area contributed by atoms with Gasteiger partial charge in [0.25, 0.3) is 11.8 Å². The molecule has 0 aromatic heterocycles. The van der Waals surface area contributed by atoms with E-state index in [1.165, 1.54) is 13.2 Å². The lowest BCUT2D eigenvalue weighted by Gasteiger charge is -2.17. The van der Waals surface area contributed by atoms with Gasteiger partial charge in [0.15, 0.2) is 23.2 Å². The van der Waals surface area contributed by atoms with Gasteiger partial charge in [-0.2, -0.15) is 5.26 Å². The molecule has 0 radical (unpaired) electrons. The van der Waals surface area contributed by atoms with Crippen LogP contribution in [-0.2, 0) is 9.59 Å². The average Bonchev–Trinajstić information content (AvgIpc) is 2.49. The number of amides is 2. The van der Waals surface area contributed by atoms with E-state index in [2.05, 4.69) is 10.6 Å². The van der Waals surface area contributed by atoms with Gasteiger partial charge in [0.05, 0.1) is 10.7 Å². The van der Waals surface area contributed by atoms with E-state index in [0.717, 1.165) is 0 Å². The first-order chi connectivity index (χ1) is 11.0. The predicted molar refractivity (Wildman–Crippen MR) is 93.7 cm³/mol. The van der Waals surface area contributed by atoms with Crippen molar-refractivity contribution in [2.24, 2.45) is 0 Å². The van der Waals surface area contributed by atoms with Crippen molar-refractivity contribution in [2.45, 2.75) is 0 Å². The first-order valence-corrected chi connectivity index (χ1v) is 7.70. The van der Waals surface area contributed by atoms with Gasteiger partial charge in [0.2, 0.25) is 0 Å². The van der Waals surface area contributed by atoms with Gasteiger partial charge in [-0.25, -0.2) is 0 Å². The molecule has 23 heavy (non-hydrogen) atoms. The zero-order valence-corrected chi connectivity index (χ0v) is 14.8. The quantitative estimate of drug-likeness (QED) is 0.313. The zero-order chi connectivity index (χ0) is 17.0. The molecule has 0 bridgehead atoms. The Morgan fingerprint density at radius 1 is 1.35 bits per heavy atom. The molecule has 1 saturated heterocycles. The van der Waals surface area contributed by atoms with Crippen LogP contribution in [0.5, 0.6) is 11.5 Å². The molecular formula is C14H10IN3O4S. The average molecular weight is 443 g/mol. The van der Waals surface area contributed by atoms with Gasteiger partial charge in [-0.1, -0.05) is 0 Å². The Morgan fingerprint density at radius 2 is 2.00 bits per heavy atom. The molecule has 9 heteroatoms. The Hall–Kier alpha value is -2.19. The maximum Gasteiger partial charge on any atom is 0.263 e. The Kier molecular flexibility index (Phi) is 5.51. The Bertz CT molecular complexity index is 748. The fourth-order valence-electron chi connectivity index (χ4n) is 1.84. The zero-order valence-electron chi connectivity index (χ0n) is 11.8. The van der Waals surface area contributed by atoms with Gasteiger partial charge < -0.3 is 9.47 Å². The number of nitrogens with zero attached hydrogens (tertiary/aromatic N) is 1. The smallest absolute Gasteiger partial charge is 0.263 e. The Balaban J connectivity index is 2.41. The minimum Gasteiger partial charge on any atom is -0.493 e. The van der Waals surface area contributed by atoms with Gasteiger partial charge in [-0.3, -0.25) is 20.2 Å². The summed E-state index contributed by atoms with van der Waals surface area (Å²) in [5.74, 6) is -0.322. The number of nitriles is 1. The molecule has 2 amide bonds. The molecule has 1 aromatic rings. The number of nitrogens with one attached hydrogen (secondary N) is 2. The van der Waals surface area contributed by atoms with Crippen molar-refractivity contribution in [2.75, 3.05) is 13.7 Å². The van der Waals surface area contributed by atoms with Crippen LogP contribution < -0.4 is 20.1 Å². The van der Waals surface area contributed by atoms with Crippen molar-refractivity contribution in [1.29, 1.82) is 5.26 Å². The van der Waals surface area contributed by atoms with Crippen molar-refractivity contribution in [3.63, 3.8) is 0 Å². The molecule has 1 fully saturated rings. The number of ether oxygens (including phenoxy) is 2. The summed E-state index contributed by atoms with van der Waals surface area (Å²) in [7, 11) is 1.46. The molecule has 7 nitrogen and oxygen atoms in total. The van der Waals surface area contributed by atoms with E-state index in [0.29, 0.717) is 20.6 Å². The number of methoxy groups -OCH3 is 1. The maximum atomic E-state index is 11.8. The van der Waals surface area contributed by atoms with Gasteiger partial charge in [-0.15, -0.1) is 0 Å². The maximum absolute atomic E-state index is 11.8. The van der Waals surface area contributed by atoms with E-state index in [9.17, 15) is 9.59 Å². The highest BCUT2D eigenvalue weighted by Crippen LogP contribution is 2.34. The normalized spacial score (nSPS) is 13.8. The summed E-state index contributed by atoms with van der Waals surface area (Å²) in [6.45, 7) is -0.116. The van der Waals surface area contributed by atoms with E-state index in [-0.39, 0.29) is 17.3 Å². The van der Waals surface area contributed by atoms with Crippen molar-refractivity contribution >= 4 is 57.8 Å². The SMILES string of the molecule is COc1cc(C=C2C(=O)NC(=S)NC2=O)cc(I)c1OCC#N. The molecule has 2 rings (SSSR count).